The standard InChI is InChI=1S/C34H33Cl4N3O4S/c1-34(2,3)39-33(43)31(18-23-10-6-4-7-11-23)40(21-24-14-15-25(35)19-29(24)38)32(42)22-41(30-20-26(36)16-17-28(30)37)46(44,45)27-12-8-5-9-13-27/h4-17,19-20,31H,18,21-22H2,1-3H3,(H,39,43). The molecule has 0 fully saturated rings. The lowest BCUT2D eigenvalue weighted by atomic mass is 10.0. The number of hydrogen-bond acceptors (Lipinski definition) is 4. The molecule has 0 aliphatic carbocycles. The van der Waals surface area contributed by atoms with Crippen molar-refractivity contribution < 1.29 is 18.0 Å². The van der Waals surface area contributed by atoms with E-state index in [1.165, 1.54) is 35.2 Å². The first-order chi connectivity index (χ1) is 21.7. The van der Waals surface area contributed by atoms with E-state index in [1.54, 1.807) is 36.4 Å². The molecule has 2 amide bonds. The highest BCUT2D eigenvalue weighted by Gasteiger charge is 2.36. The lowest BCUT2D eigenvalue weighted by Gasteiger charge is -2.35. The fourth-order valence-electron chi connectivity index (χ4n) is 4.75. The highest BCUT2D eigenvalue weighted by atomic mass is 35.5. The Hall–Kier alpha value is -3.27. The monoisotopic (exact) mass is 719 g/mol. The van der Waals surface area contributed by atoms with Crippen LogP contribution in [0.2, 0.25) is 20.1 Å². The second-order valence-corrected chi connectivity index (χ2v) is 15.2. The van der Waals surface area contributed by atoms with E-state index in [0.29, 0.717) is 10.6 Å². The Labute approximate surface area is 290 Å². The number of benzene rings is 4. The molecule has 0 spiro atoms. The van der Waals surface area contributed by atoms with Gasteiger partial charge >= 0.3 is 0 Å². The van der Waals surface area contributed by atoms with Crippen LogP contribution in [0.5, 0.6) is 0 Å². The van der Waals surface area contributed by atoms with Gasteiger partial charge in [0.25, 0.3) is 10.0 Å². The van der Waals surface area contributed by atoms with Crippen LogP contribution in [0.15, 0.2) is 102 Å². The molecule has 46 heavy (non-hydrogen) atoms. The number of carbonyl (C=O) groups excluding carboxylic acids is 2. The van der Waals surface area contributed by atoms with Gasteiger partial charge in [0.15, 0.2) is 0 Å². The van der Waals surface area contributed by atoms with E-state index in [2.05, 4.69) is 5.32 Å². The summed E-state index contributed by atoms with van der Waals surface area (Å²) in [6.07, 6.45) is 0.142. The highest BCUT2D eigenvalue weighted by Crippen LogP contribution is 2.34. The molecule has 1 N–H and O–H groups in total. The van der Waals surface area contributed by atoms with Crippen molar-refractivity contribution in [3.63, 3.8) is 0 Å². The van der Waals surface area contributed by atoms with Gasteiger partial charge < -0.3 is 10.2 Å². The van der Waals surface area contributed by atoms with Gasteiger partial charge in [-0.3, -0.25) is 13.9 Å². The molecule has 4 aromatic carbocycles. The molecule has 0 saturated heterocycles. The lowest BCUT2D eigenvalue weighted by Crippen LogP contribution is -2.56. The van der Waals surface area contributed by atoms with Crippen molar-refractivity contribution in [2.45, 2.75) is 50.2 Å². The summed E-state index contributed by atoms with van der Waals surface area (Å²) in [6, 6.07) is 25.1. The zero-order valence-corrected chi connectivity index (χ0v) is 29.2. The summed E-state index contributed by atoms with van der Waals surface area (Å²) in [5.41, 5.74) is 0.687. The van der Waals surface area contributed by atoms with Crippen LogP contribution < -0.4 is 9.62 Å². The first-order valence-corrected chi connectivity index (χ1v) is 17.2. The third-order valence-corrected chi connectivity index (χ3v) is 9.83. The van der Waals surface area contributed by atoms with Crippen molar-refractivity contribution in [2.24, 2.45) is 0 Å². The molecule has 0 heterocycles. The molecule has 0 aliphatic heterocycles. The van der Waals surface area contributed by atoms with Gasteiger partial charge in [-0.15, -0.1) is 0 Å². The predicted octanol–water partition coefficient (Wildman–Crippen LogP) is 8.05. The van der Waals surface area contributed by atoms with E-state index in [1.807, 2.05) is 51.1 Å². The Kier molecular flexibility index (Phi) is 11.7. The predicted molar refractivity (Wildman–Crippen MR) is 186 cm³/mol. The van der Waals surface area contributed by atoms with Gasteiger partial charge in [0.2, 0.25) is 11.8 Å². The molecule has 0 aliphatic rings. The smallest absolute Gasteiger partial charge is 0.264 e. The minimum atomic E-state index is -4.34. The average Bonchev–Trinajstić information content (AvgIpc) is 3.00. The summed E-state index contributed by atoms with van der Waals surface area (Å²) in [7, 11) is -4.34. The minimum absolute atomic E-state index is 0.00889. The van der Waals surface area contributed by atoms with Gasteiger partial charge in [0, 0.05) is 33.6 Å². The fraction of sp³-hybridized carbons (Fsp3) is 0.235. The molecule has 0 saturated carbocycles. The number of amides is 2. The van der Waals surface area contributed by atoms with Gasteiger partial charge in [-0.2, -0.15) is 0 Å². The third-order valence-electron chi connectivity index (χ3n) is 6.91. The van der Waals surface area contributed by atoms with Crippen LogP contribution in [0.4, 0.5) is 5.69 Å². The molecule has 4 rings (SSSR count). The summed E-state index contributed by atoms with van der Waals surface area (Å²) in [5.74, 6) is -1.10. The van der Waals surface area contributed by atoms with Gasteiger partial charge in [0.05, 0.1) is 15.6 Å². The van der Waals surface area contributed by atoms with Gasteiger partial charge in [0.1, 0.15) is 12.6 Å². The van der Waals surface area contributed by atoms with E-state index in [0.717, 1.165) is 9.87 Å². The molecule has 12 heteroatoms. The molecule has 1 atom stereocenters. The molecule has 0 radical (unpaired) electrons. The first-order valence-electron chi connectivity index (χ1n) is 14.3. The van der Waals surface area contributed by atoms with Crippen LogP contribution in [0.1, 0.15) is 31.9 Å². The second-order valence-electron chi connectivity index (χ2n) is 11.6. The van der Waals surface area contributed by atoms with Crippen LogP contribution in [-0.2, 0) is 32.6 Å². The van der Waals surface area contributed by atoms with E-state index >= 15 is 0 Å². The Morgan fingerprint density at radius 1 is 0.783 bits per heavy atom. The van der Waals surface area contributed by atoms with Gasteiger partial charge in [-0.05, 0) is 74.4 Å². The fourth-order valence-corrected chi connectivity index (χ4v) is 7.10. The minimum Gasteiger partial charge on any atom is -0.350 e. The average molecular weight is 722 g/mol. The summed E-state index contributed by atoms with van der Waals surface area (Å²) < 4.78 is 29.2. The van der Waals surface area contributed by atoms with Crippen molar-refractivity contribution in [2.75, 3.05) is 10.8 Å². The quantitative estimate of drug-likeness (QED) is 0.170. The van der Waals surface area contributed by atoms with Crippen molar-refractivity contribution >= 4 is 73.9 Å². The normalized spacial score (nSPS) is 12.3. The van der Waals surface area contributed by atoms with Crippen LogP contribution in [0, 0.1) is 0 Å². The Balaban J connectivity index is 1.86. The molecular formula is C34H33Cl4N3O4S. The summed E-state index contributed by atoms with van der Waals surface area (Å²) in [4.78, 5) is 29.8. The first kappa shape index (κ1) is 35.6. The Morgan fingerprint density at radius 2 is 1.37 bits per heavy atom. The molecule has 242 valence electrons. The number of anilines is 1. The Bertz CT molecular complexity index is 1800. The van der Waals surface area contributed by atoms with Crippen molar-refractivity contribution in [1.29, 1.82) is 0 Å². The van der Waals surface area contributed by atoms with Crippen LogP contribution in [0.3, 0.4) is 0 Å². The molecule has 0 bridgehead atoms. The number of hydrogen-bond donors (Lipinski definition) is 1. The second kappa shape index (κ2) is 15.1. The topological polar surface area (TPSA) is 86.8 Å². The number of rotatable bonds is 11. The van der Waals surface area contributed by atoms with E-state index in [9.17, 15) is 18.0 Å². The van der Waals surface area contributed by atoms with Crippen LogP contribution in [0.25, 0.3) is 0 Å². The SMILES string of the molecule is CC(C)(C)NC(=O)C(Cc1ccccc1)N(Cc1ccc(Cl)cc1Cl)C(=O)CN(c1cc(Cl)ccc1Cl)S(=O)(=O)c1ccccc1. The number of carbonyl (C=O) groups is 2. The van der Waals surface area contributed by atoms with Crippen molar-refractivity contribution in [3.05, 3.63) is 128 Å². The number of nitrogens with one attached hydrogen (secondary N) is 1. The molecule has 7 nitrogen and oxygen atoms in total. The highest BCUT2D eigenvalue weighted by molar-refractivity contribution is 7.92. The largest absolute Gasteiger partial charge is 0.350 e. The van der Waals surface area contributed by atoms with Crippen LogP contribution in [-0.4, -0.2) is 43.3 Å². The van der Waals surface area contributed by atoms with Crippen molar-refractivity contribution in [3.8, 4) is 0 Å². The van der Waals surface area contributed by atoms with E-state index in [4.69, 9.17) is 46.4 Å². The summed E-state index contributed by atoms with van der Waals surface area (Å²) >= 11 is 25.5. The maximum Gasteiger partial charge on any atom is 0.264 e. The maximum atomic E-state index is 14.6. The molecule has 1 unspecified atom stereocenters. The number of sulfonamides is 1. The molecular weight excluding hydrogens is 688 g/mol. The molecule has 4 aromatic rings. The number of nitrogens with zero attached hydrogens (tertiary/aromatic N) is 2. The zero-order chi connectivity index (χ0) is 33.6. The molecule has 0 aromatic heterocycles. The summed E-state index contributed by atoms with van der Waals surface area (Å²) in [6.45, 7) is 4.69. The van der Waals surface area contributed by atoms with E-state index < -0.39 is 40.0 Å². The maximum absolute atomic E-state index is 14.6. The summed E-state index contributed by atoms with van der Waals surface area (Å²) in [5, 5.41) is 3.95. The van der Waals surface area contributed by atoms with Crippen molar-refractivity contribution in [1.82, 2.24) is 10.2 Å². The van der Waals surface area contributed by atoms with E-state index in [-0.39, 0.29) is 38.6 Å². The van der Waals surface area contributed by atoms with Gasteiger partial charge in [-0.1, -0.05) is 101 Å². The zero-order valence-electron chi connectivity index (χ0n) is 25.4. The van der Waals surface area contributed by atoms with Gasteiger partial charge in [-0.25, -0.2) is 8.42 Å². The number of halogens is 4. The third kappa shape index (κ3) is 9.17. The Morgan fingerprint density at radius 3 is 1.98 bits per heavy atom. The van der Waals surface area contributed by atoms with Crippen LogP contribution >= 0.6 is 46.4 Å². The lowest BCUT2D eigenvalue weighted by molar-refractivity contribution is -0.140.